The maximum absolute atomic E-state index is 10.9. The third kappa shape index (κ3) is 11.4. The van der Waals surface area contributed by atoms with Gasteiger partial charge in [-0.25, -0.2) is 4.79 Å². The molecule has 0 aromatic carbocycles. The minimum atomic E-state index is -0.369. The van der Waals surface area contributed by atoms with E-state index >= 15 is 0 Å². The standard InChI is InChI=1S/C8H14INO2.CH2O/c1-3-5-6-10-8(11)12-7(9)4-2;1-2/h4H,3,5-6H2,1-2H3,(H,10,11);1H2/b7-4-;. The highest BCUT2D eigenvalue weighted by molar-refractivity contribution is 14.1. The molecule has 0 saturated heterocycles. The topological polar surface area (TPSA) is 55.4 Å². The lowest BCUT2D eigenvalue weighted by Gasteiger charge is -2.03. The van der Waals surface area contributed by atoms with Gasteiger partial charge in [-0.1, -0.05) is 13.3 Å². The molecule has 0 unspecified atom stereocenters. The predicted molar refractivity (Wildman–Crippen MR) is 64.3 cm³/mol. The molecule has 0 heterocycles. The number of hydrogen-bond donors (Lipinski definition) is 1. The molecule has 82 valence electrons. The van der Waals surface area contributed by atoms with Gasteiger partial charge in [0, 0.05) is 6.54 Å². The third-order valence-electron chi connectivity index (χ3n) is 1.22. The molecule has 0 rings (SSSR count). The lowest BCUT2D eigenvalue weighted by Crippen LogP contribution is -2.24. The Balaban J connectivity index is 0. The number of halogens is 1. The average molecular weight is 313 g/mol. The van der Waals surface area contributed by atoms with E-state index in [0.29, 0.717) is 10.3 Å². The number of nitrogens with one attached hydrogen (secondary N) is 1. The maximum atomic E-state index is 10.9. The fourth-order valence-electron chi connectivity index (χ4n) is 0.551. The van der Waals surface area contributed by atoms with Crippen molar-refractivity contribution in [1.29, 1.82) is 0 Å². The lowest BCUT2D eigenvalue weighted by molar-refractivity contribution is -0.0979. The van der Waals surface area contributed by atoms with E-state index < -0.39 is 0 Å². The molecule has 1 N–H and O–H groups in total. The van der Waals surface area contributed by atoms with Crippen LogP contribution in [-0.4, -0.2) is 19.4 Å². The minimum absolute atomic E-state index is 0.369. The number of unbranched alkanes of at least 4 members (excludes halogenated alkanes) is 1. The van der Waals surface area contributed by atoms with Crippen molar-refractivity contribution >= 4 is 35.5 Å². The third-order valence-corrected chi connectivity index (χ3v) is 2.06. The van der Waals surface area contributed by atoms with E-state index in [2.05, 4.69) is 12.2 Å². The molecular weight excluding hydrogens is 297 g/mol. The van der Waals surface area contributed by atoms with Gasteiger partial charge < -0.3 is 14.8 Å². The van der Waals surface area contributed by atoms with Crippen molar-refractivity contribution in [3.05, 3.63) is 9.84 Å². The van der Waals surface area contributed by atoms with Crippen LogP contribution in [0.3, 0.4) is 0 Å². The molecule has 0 spiro atoms. The van der Waals surface area contributed by atoms with Gasteiger partial charge in [-0.2, -0.15) is 0 Å². The molecule has 14 heavy (non-hydrogen) atoms. The van der Waals surface area contributed by atoms with Crippen LogP contribution in [-0.2, 0) is 9.53 Å². The first-order valence-electron chi connectivity index (χ1n) is 4.27. The largest absolute Gasteiger partial charge is 0.413 e. The van der Waals surface area contributed by atoms with Gasteiger partial charge in [0.25, 0.3) is 0 Å². The lowest BCUT2D eigenvalue weighted by atomic mass is 10.3. The summed E-state index contributed by atoms with van der Waals surface area (Å²) < 4.78 is 5.44. The number of allylic oxidation sites excluding steroid dienone is 1. The number of amides is 1. The molecule has 0 aromatic rings. The molecule has 1 amide bonds. The molecule has 0 aliphatic carbocycles. The second-order valence-corrected chi connectivity index (χ2v) is 3.33. The molecule has 0 fully saturated rings. The zero-order chi connectivity index (χ0) is 11.4. The summed E-state index contributed by atoms with van der Waals surface area (Å²) in [7, 11) is 0. The Hall–Kier alpha value is -0.590. The summed E-state index contributed by atoms with van der Waals surface area (Å²) in [5, 5.41) is 2.64. The molecule has 0 atom stereocenters. The first kappa shape index (κ1) is 15.9. The summed E-state index contributed by atoms with van der Waals surface area (Å²) in [5.41, 5.74) is 0. The molecule has 0 radical (unpaired) electrons. The summed E-state index contributed by atoms with van der Waals surface area (Å²) in [6.45, 7) is 6.58. The molecule has 5 heteroatoms. The number of hydrogen-bond acceptors (Lipinski definition) is 3. The molecule has 0 aromatic heterocycles. The van der Waals surface area contributed by atoms with E-state index in [4.69, 9.17) is 9.53 Å². The van der Waals surface area contributed by atoms with Gasteiger partial charge in [0.1, 0.15) is 6.79 Å². The minimum Gasteiger partial charge on any atom is -0.404 e. The monoisotopic (exact) mass is 313 g/mol. The summed E-state index contributed by atoms with van der Waals surface area (Å²) in [6.07, 6.45) is 3.42. The van der Waals surface area contributed by atoms with Crippen molar-refractivity contribution in [2.24, 2.45) is 0 Å². The van der Waals surface area contributed by atoms with Crippen LogP contribution in [0.4, 0.5) is 4.79 Å². The number of ether oxygens (including phenoxy) is 1. The van der Waals surface area contributed by atoms with Crippen molar-refractivity contribution in [2.75, 3.05) is 6.54 Å². The Morgan fingerprint density at radius 1 is 1.57 bits per heavy atom. The molecule has 0 aliphatic heterocycles. The molecule has 0 bridgehead atoms. The zero-order valence-electron chi connectivity index (χ0n) is 8.51. The first-order chi connectivity index (χ1) is 6.70. The van der Waals surface area contributed by atoms with Crippen molar-refractivity contribution in [3.8, 4) is 0 Å². The van der Waals surface area contributed by atoms with Crippen LogP contribution in [0.15, 0.2) is 9.84 Å². The Labute approximate surface area is 98.2 Å². The fourth-order valence-corrected chi connectivity index (χ4v) is 0.751. The summed E-state index contributed by atoms with van der Waals surface area (Å²) >= 11 is 1.96. The van der Waals surface area contributed by atoms with E-state index in [0.717, 1.165) is 12.8 Å². The second-order valence-electron chi connectivity index (χ2n) is 2.26. The van der Waals surface area contributed by atoms with Crippen molar-refractivity contribution in [1.82, 2.24) is 5.32 Å². The number of carbonyl (C=O) groups excluding carboxylic acids is 2. The summed E-state index contributed by atoms with van der Waals surface area (Å²) in [5.74, 6) is 0. The summed E-state index contributed by atoms with van der Waals surface area (Å²) in [4.78, 5) is 18.9. The van der Waals surface area contributed by atoms with E-state index in [9.17, 15) is 4.79 Å². The van der Waals surface area contributed by atoms with Gasteiger partial charge in [-0.05, 0) is 42.0 Å². The van der Waals surface area contributed by atoms with Crippen molar-refractivity contribution in [2.45, 2.75) is 26.7 Å². The van der Waals surface area contributed by atoms with Crippen LogP contribution in [0.1, 0.15) is 26.7 Å². The Bertz CT molecular complexity index is 183. The van der Waals surface area contributed by atoms with Gasteiger partial charge in [0.15, 0.2) is 3.77 Å². The highest BCUT2D eigenvalue weighted by Crippen LogP contribution is 2.06. The van der Waals surface area contributed by atoms with Crippen LogP contribution in [0.25, 0.3) is 0 Å². The highest BCUT2D eigenvalue weighted by Gasteiger charge is 2.01. The zero-order valence-corrected chi connectivity index (χ0v) is 10.7. The van der Waals surface area contributed by atoms with Crippen molar-refractivity contribution < 1.29 is 14.3 Å². The van der Waals surface area contributed by atoms with Gasteiger partial charge in [-0.3, -0.25) is 0 Å². The van der Waals surface area contributed by atoms with E-state index in [1.165, 1.54) is 0 Å². The molecular formula is C9H16INO3. The van der Waals surface area contributed by atoms with Crippen molar-refractivity contribution in [3.63, 3.8) is 0 Å². The Morgan fingerprint density at radius 2 is 2.14 bits per heavy atom. The average Bonchev–Trinajstić information content (AvgIpc) is 2.21. The van der Waals surface area contributed by atoms with Gasteiger partial charge in [0.05, 0.1) is 0 Å². The number of alkyl carbamates (subject to hydrolysis) is 1. The fraction of sp³-hybridized carbons (Fsp3) is 0.556. The van der Waals surface area contributed by atoms with E-state index in [-0.39, 0.29) is 6.09 Å². The Morgan fingerprint density at radius 3 is 2.57 bits per heavy atom. The summed E-state index contributed by atoms with van der Waals surface area (Å²) in [6, 6.07) is 0. The molecule has 4 nitrogen and oxygen atoms in total. The SMILES string of the molecule is C/C=C(/I)OC(=O)NCCCC.C=O. The maximum Gasteiger partial charge on any atom is 0.413 e. The van der Waals surface area contributed by atoms with Crippen LogP contribution in [0.2, 0.25) is 0 Å². The van der Waals surface area contributed by atoms with Crippen LogP contribution < -0.4 is 5.32 Å². The van der Waals surface area contributed by atoms with Gasteiger partial charge >= 0.3 is 6.09 Å². The van der Waals surface area contributed by atoms with E-state index in [1.807, 2.05) is 36.3 Å². The predicted octanol–water partition coefficient (Wildman–Crippen LogP) is 2.62. The first-order valence-corrected chi connectivity index (χ1v) is 5.35. The molecule has 0 saturated carbocycles. The van der Waals surface area contributed by atoms with E-state index in [1.54, 1.807) is 6.08 Å². The van der Waals surface area contributed by atoms with Gasteiger partial charge in [0.2, 0.25) is 0 Å². The van der Waals surface area contributed by atoms with Crippen LogP contribution in [0.5, 0.6) is 0 Å². The normalized spacial score (nSPS) is 9.79. The second kappa shape index (κ2) is 12.4. The number of rotatable bonds is 4. The van der Waals surface area contributed by atoms with Crippen LogP contribution in [0, 0.1) is 0 Å². The van der Waals surface area contributed by atoms with Gasteiger partial charge in [-0.15, -0.1) is 0 Å². The number of carbonyl (C=O) groups is 2. The van der Waals surface area contributed by atoms with Crippen LogP contribution >= 0.6 is 22.6 Å². The smallest absolute Gasteiger partial charge is 0.404 e. The Kier molecular flexibility index (Phi) is 14.1. The highest BCUT2D eigenvalue weighted by atomic mass is 127. The quantitative estimate of drug-likeness (QED) is 0.493. The molecule has 0 aliphatic rings.